The first kappa shape index (κ1) is 11.1. The number of hydrogen-bond acceptors (Lipinski definition) is 7. The Bertz CT molecular complexity index is 460. The van der Waals surface area contributed by atoms with E-state index in [1.54, 1.807) is 0 Å². The number of aromatic nitrogens is 2. The molecular weight excluding hydrogens is 226 g/mol. The van der Waals surface area contributed by atoms with Gasteiger partial charge in [-0.05, 0) is 0 Å². The molecule has 1 aromatic heterocycles. The molecule has 0 spiro atoms. The van der Waals surface area contributed by atoms with Crippen molar-refractivity contribution in [2.24, 2.45) is 0 Å². The molecule has 1 aliphatic heterocycles. The van der Waals surface area contributed by atoms with Crippen LogP contribution >= 0.6 is 0 Å². The van der Waals surface area contributed by atoms with Gasteiger partial charge in [0.25, 0.3) is 0 Å². The fraction of sp³-hybridized carbons (Fsp3) is 0.333. The molecular formula is C9H11N5O3. The molecule has 0 aromatic carbocycles. The SMILES string of the molecule is COc1c(N)ncnc1N1CC(=O)NC(=O)C1. The van der Waals surface area contributed by atoms with Crippen molar-refractivity contribution in [2.75, 3.05) is 30.8 Å². The van der Waals surface area contributed by atoms with Crippen LogP contribution in [0.2, 0.25) is 0 Å². The molecule has 1 saturated heterocycles. The highest BCUT2D eigenvalue weighted by Gasteiger charge is 2.26. The molecule has 0 unspecified atom stereocenters. The maximum Gasteiger partial charge on any atom is 0.246 e. The number of piperazine rings is 1. The van der Waals surface area contributed by atoms with Crippen LogP contribution in [0.1, 0.15) is 0 Å². The van der Waals surface area contributed by atoms with E-state index in [0.29, 0.717) is 5.82 Å². The summed E-state index contributed by atoms with van der Waals surface area (Å²) in [5.74, 6) is -0.0184. The lowest BCUT2D eigenvalue weighted by Gasteiger charge is -2.27. The molecule has 1 aliphatic rings. The maximum absolute atomic E-state index is 11.3. The molecule has 3 N–H and O–H groups in total. The van der Waals surface area contributed by atoms with Crippen molar-refractivity contribution in [2.45, 2.75) is 0 Å². The number of imide groups is 1. The van der Waals surface area contributed by atoms with Crippen LogP contribution < -0.4 is 20.7 Å². The summed E-state index contributed by atoms with van der Waals surface area (Å²) >= 11 is 0. The molecule has 1 aromatic rings. The summed E-state index contributed by atoms with van der Waals surface area (Å²) in [7, 11) is 1.42. The summed E-state index contributed by atoms with van der Waals surface area (Å²) in [6, 6.07) is 0. The normalized spacial score (nSPS) is 15.7. The van der Waals surface area contributed by atoms with Crippen molar-refractivity contribution in [3.05, 3.63) is 6.33 Å². The van der Waals surface area contributed by atoms with Gasteiger partial charge < -0.3 is 15.4 Å². The molecule has 0 bridgehead atoms. The van der Waals surface area contributed by atoms with Gasteiger partial charge in [0.15, 0.2) is 11.6 Å². The molecule has 0 radical (unpaired) electrons. The number of methoxy groups -OCH3 is 1. The van der Waals surface area contributed by atoms with Crippen molar-refractivity contribution in [3.8, 4) is 5.75 Å². The molecule has 2 amide bonds. The summed E-state index contributed by atoms with van der Waals surface area (Å²) in [4.78, 5) is 31.7. The second-order valence-electron chi connectivity index (χ2n) is 3.44. The third-order valence-corrected chi connectivity index (χ3v) is 2.26. The number of nitrogens with one attached hydrogen (secondary N) is 1. The van der Waals surface area contributed by atoms with E-state index in [1.165, 1.54) is 18.3 Å². The number of anilines is 2. The van der Waals surface area contributed by atoms with Gasteiger partial charge in [-0.2, -0.15) is 0 Å². The third-order valence-electron chi connectivity index (χ3n) is 2.26. The van der Waals surface area contributed by atoms with Crippen LogP contribution in [-0.4, -0.2) is 42.0 Å². The lowest BCUT2D eigenvalue weighted by atomic mass is 10.3. The number of nitrogens with zero attached hydrogens (tertiary/aromatic N) is 3. The second-order valence-corrected chi connectivity index (χ2v) is 3.44. The quantitative estimate of drug-likeness (QED) is 0.604. The molecule has 1 fully saturated rings. The molecule has 8 nitrogen and oxygen atoms in total. The summed E-state index contributed by atoms with van der Waals surface area (Å²) in [6.07, 6.45) is 1.25. The van der Waals surface area contributed by atoms with Crippen molar-refractivity contribution in [3.63, 3.8) is 0 Å². The van der Waals surface area contributed by atoms with Crippen molar-refractivity contribution in [1.82, 2.24) is 15.3 Å². The zero-order valence-corrected chi connectivity index (χ0v) is 9.14. The van der Waals surface area contributed by atoms with Gasteiger partial charge in [0.1, 0.15) is 6.33 Å². The van der Waals surface area contributed by atoms with Gasteiger partial charge in [-0.3, -0.25) is 14.9 Å². The summed E-state index contributed by atoms with van der Waals surface area (Å²) < 4.78 is 5.07. The number of carbonyl (C=O) groups excluding carboxylic acids is 2. The molecule has 8 heteroatoms. The zero-order chi connectivity index (χ0) is 12.4. The lowest BCUT2D eigenvalue weighted by Crippen LogP contribution is -2.51. The van der Waals surface area contributed by atoms with E-state index in [2.05, 4.69) is 15.3 Å². The largest absolute Gasteiger partial charge is 0.490 e. The van der Waals surface area contributed by atoms with E-state index >= 15 is 0 Å². The minimum absolute atomic E-state index is 0.0263. The first-order chi connectivity index (χ1) is 8.11. The van der Waals surface area contributed by atoms with Gasteiger partial charge in [-0.1, -0.05) is 0 Å². The molecule has 0 aliphatic carbocycles. The summed E-state index contributed by atoms with van der Waals surface area (Å²) in [5.41, 5.74) is 5.62. The Morgan fingerprint density at radius 1 is 1.35 bits per heavy atom. The Kier molecular flexibility index (Phi) is 2.77. The smallest absolute Gasteiger partial charge is 0.246 e. The lowest BCUT2D eigenvalue weighted by molar-refractivity contribution is -0.130. The fourth-order valence-electron chi connectivity index (χ4n) is 1.59. The molecule has 0 atom stereocenters. The van der Waals surface area contributed by atoms with E-state index in [1.807, 2.05) is 0 Å². The van der Waals surface area contributed by atoms with E-state index in [-0.39, 0.29) is 36.5 Å². The second kappa shape index (κ2) is 4.24. The summed E-state index contributed by atoms with van der Waals surface area (Å²) in [6.45, 7) is 0.0527. The Hall–Kier alpha value is -2.38. The third kappa shape index (κ3) is 2.10. The van der Waals surface area contributed by atoms with Gasteiger partial charge in [-0.15, -0.1) is 0 Å². The number of nitrogen functional groups attached to an aromatic ring is 1. The van der Waals surface area contributed by atoms with Crippen LogP contribution in [0.25, 0.3) is 0 Å². The Labute approximate surface area is 96.8 Å². The average Bonchev–Trinajstić information content (AvgIpc) is 2.27. The van der Waals surface area contributed by atoms with Crippen LogP contribution in [0.5, 0.6) is 5.75 Å². The van der Waals surface area contributed by atoms with Gasteiger partial charge in [0.2, 0.25) is 17.6 Å². The van der Waals surface area contributed by atoms with Crippen LogP contribution in [0.15, 0.2) is 6.33 Å². The van der Waals surface area contributed by atoms with Crippen LogP contribution in [0.4, 0.5) is 11.6 Å². The van der Waals surface area contributed by atoms with Crippen molar-refractivity contribution < 1.29 is 14.3 Å². The molecule has 17 heavy (non-hydrogen) atoms. The number of hydrogen-bond donors (Lipinski definition) is 2. The van der Waals surface area contributed by atoms with E-state index < -0.39 is 0 Å². The van der Waals surface area contributed by atoms with Crippen LogP contribution in [-0.2, 0) is 9.59 Å². The monoisotopic (exact) mass is 237 g/mol. The minimum Gasteiger partial charge on any atom is -0.490 e. The van der Waals surface area contributed by atoms with E-state index in [4.69, 9.17) is 10.5 Å². The van der Waals surface area contributed by atoms with Crippen molar-refractivity contribution >= 4 is 23.5 Å². The number of amides is 2. The van der Waals surface area contributed by atoms with Crippen molar-refractivity contribution in [1.29, 1.82) is 0 Å². The zero-order valence-electron chi connectivity index (χ0n) is 9.14. The maximum atomic E-state index is 11.3. The number of nitrogens with two attached hydrogens (primary N) is 1. The van der Waals surface area contributed by atoms with Gasteiger partial charge >= 0.3 is 0 Å². The van der Waals surface area contributed by atoms with E-state index in [9.17, 15) is 9.59 Å². The first-order valence-corrected chi connectivity index (χ1v) is 4.84. The fourth-order valence-corrected chi connectivity index (χ4v) is 1.59. The number of rotatable bonds is 2. The molecule has 2 heterocycles. The molecule has 0 saturated carbocycles. The Balaban J connectivity index is 2.36. The predicted molar refractivity (Wildman–Crippen MR) is 58.4 cm³/mol. The van der Waals surface area contributed by atoms with Gasteiger partial charge in [0.05, 0.1) is 20.2 Å². The van der Waals surface area contributed by atoms with Crippen LogP contribution in [0, 0.1) is 0 Å². The van der Waals surface area contributed by atoms with E-state index in [0.717, 1.165) is 0 Å². The molecule has 90 valence electrons. The topological polar surface area (TPSA) is 110 Å². The highest BCUT2D eigenvalue weighted by atomic mass is 16.5. The standard InChI is InChI=1S/C9H11N5O3/c1-17-7-8(10)11-4-12-9(7)14-2-5(15)13-6(16)3-14/h4H,2-3H2,1H3,(H2,10,11,12)(H,13,15,16). The molecule has 2 rings (SSSR count). The highest BCUT2D eigenvalue weighted by Crippen LogP contribution is 2.29. The van der Waals surface area contributed by atoms with Crippen LogP contribution in [0.3, 0.4) is 0 Å². The number of ether oxygens (including phenoxy) is 1. The first-order valence-electron chi connectivity index (χ1n) is 4.84. The summed E-state index contributed by atoms with van der Waals surface area (Å²) in [5, 5.41) is 2.20. The van der Waals surface area contributed by atoms with Gasteiger partial charge in [0, 0.05) is 0 Å². The highest BCUT2D eigenvalue weighted by molar-refractivity contribution is 6.02. The minimum atomic E-state index is -0.388. The number of carbonyl (C=O) groups is 2. The van der Waals surface area contributed by atoms with Gasteiger partial charge in [-0.25, -0.2) is 9.97 Å². The Morgan fingerprint density at radius 3 is 2.59 bits per heavy atom. The predicted octanol–water partition coefficient (Wildman–Crippen LogP) is -1.47. The average molecular weight is 237 g/mol. The Morgan fingerprint density at radius 2 is 2.00 bits per heavy atom.